The summed E-state index contributed by atoms with van der Waals surface area (Å²) in [5.74, 6) is -0.384. The molecule has 3 aromatic rings. The van der Waals surface area contributed by atoms with Crippen molar-refractivity contribution in [3.63, 3.8) is 0 Å². The molecule has 1 atom stereocenters. The second-order valence-corrected chi connectivity index (χ2v) is 6.49. The number of hydrogen-bond acceptors (Lipinski definition) is 5. The molecule has 0 radical (unpaired) electrons. The molecule has 0 bridgehead atoms. The highest BCUT2D eigenvalue weighted by Gasteiger charge is 2.26. The van der Waals surface area contributed by atoms with E-state index in [0.29, 0.717) is 4.96 Å². The van der Waals surface area contributed by atoms with Gasteiger partial charge in [0.2, 0.25) is 0 Å². The van der Waals surface area contributed by atoms with Crippen molar-refractivity contribution in [1.29, 1.82) is 0 Å². The predicted molar refractivity (Wildman–Crippen MR) is 85.7 cm³/mol. The summed E-state index contributed by atoms with van der Waals surface area (Å²) in [6, 6.07) is -0.109. The summed E-state index contributed by atoms with van der Waals surface area (Å²) >= 11 is 1.36. The minimum absolute atomic E-state index is 0.0666. The number of nitrogens with one attached hydrogen (secondary N) is 1. The third kappa shape index (κ3) is 2.26. The van der Waals surface area contributed by atoms with E-state index in [-0.39, 0.29) is 23.1 Å². The maximum absolute atomic E-state index is 12.5. The summed E-state index contributed by atoms with van der Waals surface area (Å²) in [7, 11) is 1.91. The molecule has 4 rings (SSSR count). The van der Waals surface area contributed by atoms with E-state index in [1.54, 1.807) is 17.8 Å². The molecule has 0 aliphatic heterocycles. The van der Waals surface area contributed by atoms with E-state index in [1.165, 1.54) is 21.9 Å². The van der Waals surface area contributed by atoms with Crippen molar-refractivity contribution in [2.24, 2.45) is 7.05 Å². The van der Waals surface area contributed by atoms with Gasteiger partial charge in [-0.25, -0.2) is 4.98 Å². The highest BCUT2D eigenvalue weighted by molar-refractivity contribution is 7.15. The van der Waals surface area contributed by atoms with Gasteiger partial charge in [-0.3, -0.25) is 18.7 Å². The number of aryl methyl sites for hydroxylation is 1. The quantitative estimate of drug-likeness (QED) is 0.768. The van der Waals surface area contributed by atoms with Crippen LogP contribution in [0.15, 0.2) is 28.8 Å². The molecule has 118 valence electrons. The van der Waals surface area contributed by atoms with Gasteiger partial charge in [0.25, 0.3) is 11.5 Å². The first-order chi connectivity index (χ1) is 11.1. The molecule has 23 heavy (non-hydrogen) atoms. The first-order valence-corrected chi connectivity index (χ1v) is 8.29. The summed E-state index contributed by atoms with van der Waals surface area (Å²) in [5.41, 5.74) is 1.91. The number of fused-ring (bicyclic) bond motifs is 2. The molecule has 1 aliphatic carbocycles. The molecule has 1 amide bonds. The average molecular weight is 329 g/mol. The van der Waals surface area contributed by atoms with Crippen LogP contribution in [-0.2, 0) is 13.5 Å². The SMILES string of the molecule is Cn1ncc2c1CCCC2NC(=O)c1cnc2sccn2c1=O. The van der Waals surface area contributed by atoms with Crippen LogP contribution in [0.25, 0.3) is 4.96 Å². The van der Waals surface area contributed by atoms with Crippen molar-refractivity contribution in [1.82, 2.24) is 24.5 Å². The fourth-order valence-electron chi connectivity index (χ4n) is 3.07. The lowest BCUT2D eigenvalue weighted by Crippen LogP contribution is -2.35. The van der Waals surface area contributed by atoms with Gasteiger partial charge in [-0.2, -0.15) is 5.10 Å². The van der Waals surface area contributed by atoms with Crippen LogP contribution < -0.4 is 10.9 Å². The fraction of sp³-hybridized carbons (Fsp3) is 0.333. The van der Waals surface area contributed by atoms with Gasteiger partial charge in [0, 0.05) is 36.1 Å². The van der Waals surface area contributed by atoms with Gasteiger partial charge < -0.3 is 5.32 Å². The van der Waals surface area contributed by atoms with Gasteiger partial charge in [0.1, 0.15) is 5.56 Å². The van der Waals surface area contributed by atoms with Gasteiger partial charge >= 0.3 is 0 Å². The fourth-order valence-corrected chi connectivity index (χ4v) is 3.75. The molecule has 1 aliphatic rings. The molecule has 8 heteroatoms. The summed E-state index contributed by atoms with van der Waals surface area (Å²) < 4.78 is 3.25. The Morgan fingerprint density at radius 2 is 2.30 bits per heavy atom. The van der Waals surface area contributed by atoms with Crippen LogP contribution in [0.5, 0.6) is 0 Å². The zero-order chi connectivity index (χ0) is 16.0. The summed E-state index contributed by atoms with van der Waals surface area (Å²) in [4.78, 5) is 29.7. The van der Waals surface area contributed by atoms with Crippen LogP contribution in [0.4, 0.5) is 0 Å². The van der Waals surface area contributed by atoms with Gasteiger partial charge in [0.15, 0.2) is 4.96 Å². The van der Waals surface area contributed by atoms with Crippen molar-refractivity contribution in [2.75, 3.05) is 0 Å². The Bertz CT molecular complexity index is 954. The molecular formula is C15H15N5O2S. The molecule has 1 N–H and O–H groups in total. The molecular weight excluding hydrogens is 314 g/mol. The Hall–Kier alpha value is -2.48. The Morgan fingerprint density at radius 1 is 1.43 bits per heavy atom. The lowest BCUT2D eigenvalue weighted by molar-refractivity contribution is 0.0930. The Kier molecular flexibility index (Phi) is 3.26. The van der Waals surface area contributed by atoms with E-state index in [0.717, 1.165) is 30.5 Å². The zero-order valence-corrected chi connectivity index (χ0v) is 13.3. The predicted octanol–water partition coefficient (Wildman–Crippen LogP) is 1.30. The number of rotatable bonds is 2. The smallest absolute Gasteiger partial charge is 0.271 e. The first-order valence-electron chi connectivity index (χ1n) is 7.41. The Labute approximate surface area is 135 Å². The molecule has 0 saturated carbocycles. The van der Waals surface area contributed by atoms with E-state index < -0.39 is 0 Å². The summed E-state index contributed by atoms with van der Waals surface area (Å²) in [6.07, 6.45) is 7.58. The zero-order valence-electron chi connectivity index (χ0n) is 12.5. The number of thiazole rings is 1. The molecule has 3 heterocycles. The van der Waals surface area contributed by atoms with E-state index in [9.17, 15) is 9.59 Å². The van der Waals surface area contributed by atoms with Crippen LogP contribution in [0.3, 0.4) is 0 Å². The van der Waals surface area contributed by atoms with Gasteiger partial charge in [-0.05, 0) is 19.3 Å². The van der Waals surface area contributed by atoms with Crippen molar-refractivity contribution in [2.45, 2.75) is 25.3 Å². The van der Waals surface area contributed by atoms with E-state index in [2.05, 4.69) is 15.4 Å². The number of carbonyl (C=O) groups excluding carboxylic acids is 1. The molecule has 0 saturated heterocycles. The standard InChI is InChI=1S/C15H15N5O2S/c1-19-12-4-2-3-11(9(12)8-17-19)18-13(21)10-7-16-15-20(14(10)22)5-6-23-15/h5-8,11H,2-4H2,1H3,(H,18,21). The molecule has 0 spiro atoms. The van der Waals surface area contributed by atoms with Gasteiger partial charge in [0.05, 0.1) is 12.2 Å². The van der Waals surface area contributed by atoms with Crippen molar-refractivity contribution in [3.05, 3.63) is 51.1 Å². The second kappa shape index (κ2) is 5.31. The monoisotopic (exact) mass is 329 g/mol. The van der Waals surface area contributed by atoms with Crippen LogP contribution in [0.1, 0.15) is 40.5 Å². The van der Waals surface area contributed by atoms with Crippen LogP contribution in [0, 0.1) is 0 Å². The van der Waals surface area contributed by atoms with E-state index in [1.807, 2.05) is 11.7 Å². The third-order valence-electron chi connectivity index (χ3n) is 4.27. The number of aromatic nitrogens is 4. The van der Waals surface area contributed by atoms with Gasteiger partial charge in [-0.1, -0.05) is 0 Å². The van der Waals surface area contributed by atoms with Crippen molar-refractivity contribution < 1.29 is 4.79 Å². The second-order valence-electron chi connectivity index (χ2n) is 5.62. The largest absolute Gasteiger partial charge is 0.345 e. The lowest BCUT2D eigenvalue weighted by atomic mass is 9.93. The number of amides is 1. The molecule has 3 aromatic heterocycles. The topological polar surface area (TPSA) is 81.3 Å². The highest BCUT2D eigenvalue weighted by Crippen LogP contribution is 2.29. The highest BCUT2D eigenvalue weighted by atomic mass is 32.1. The van der Waals surface area contributed by atoms with Gasteiger partial charge in [-0.15, -0.1) is 11.3 Å². The number of nitrogens with zero attached hydrogens (tertiary/aromatic N) is 4. The van der Waals surface area contributed by atoms with Crippen LogP contribution >= 0.6 is 11.3 Å². The normalized spacial score (nSPS) is 17.2. The van der Waals surface area contributed by atoms with E-state index in [4.69, 9.17) is 0 Å². The number of carbonyl (C=O) groups is 1. The first kappa shape index (κ1) is 14.1. The third-order valence-corrected chi connectivity index (χ3v) is 5.04. The van der Waals surface area contributed by atoms with Crippen molar-refractivity contribution in [3.8, 4) is 0 Å². The minimum Gasteiger partial charge on any atom is -0.345 e. The van der Waals surface area contributed by atoms with E-state index >= 15 is 0 Å². The maximum atomic E-state index is 12.5. The minimum atomic E-state index is -0.384. The lowest BCUT2D eigenvalue weighted by Gasteiger charge is -2.23. The van der Waals surface area contributed by atoms with Crippen molar-refractivity contribution >= 4 is 22.2 Å². The molecule has 7 nitrogen and oxygen atoms in total. The average Bonchev–Trinajstić information content (AvgIpc) is 3.16. The molecule has 0 fully saturated rings. The Morgan fingerprint density at radius 3 is 3.17 bits per heavy atom. The number of hydrogen-bond donors (Lipinski definition) is 1. The summed E-state index contributed by atoms with van der Waals surface area (Å²) in [5, 5.41) is 9.00. The maximum Gasteiger partial charge on any atom is 0.271 e. The summed E-state index contributed by atoms with van der Waals surface area (Å²) in [6.45, 7) is 0. The van der Waals surface area contributed by atoms with Crippen LogP contribution in [0.2, 0.25) is 0 Å². The molecule has 0 aromatic carbocycles. The Balaban J connectivity index is 1.65. The van der Waals surface area contributed by atoms with Crippen LogP contribution in [-0.4, -0.2) is 25.1 Å². The molecule has 1 unspecified atom stereocenters.